The molecule has 1 fully saturated rings. The molecule has 0 bridgehead atoms. The summed E-state index contributed by atoms with van der Waals surface area (Å²) in [5.41, 5.74) is 1.89. The molecule has 0 saturated carbocycles. The van der Waals surface area contributed by atoms with Gasteiger partial charge < -0.3 is 9.96 Å². The predicted octanol–water partition coefficient (Wildman–Crippen LogP) is 3.78. The smallest absolute Gasteiger partial charge is 0.207 e. The lowest BCUT2D eigenvalue weighted by Crippen LogP contribution is -2.69. The van der Waals surface area contributed by atoms with Gasteiger partial charge in [-0.15, -0.1) is 0 Å². The highest BCUT2D eigenvalue weighted by Crippen LogP contribution is 2.45. The second-order valence-corrected chi connectivity index (χ2v) is 9.53. The summed E-state index contributed by atoms with van der Waals surface area (Å²) in [6, 6.07) is 0. The van der Waals surface area contributed by atoms with Crippen molar-refractivity contribution in [1.82, 2.24) is 9.96 Å². The minimum absolute atomic E-state index is 0.938. The van der Waals surface area contributed by atoms with Gasteiger partial charge in [-0.3, -0.25) is 0 Å². The zero-order valence-electron chi connectivity index (χ0n) is 12.3. The molecular formula is C14H32N2Si. The topological polar surface area (TPSA) is 24.1 Å². The maximum atomic E-state index is 3.96. The third-order valence-corrected chi connectivity index (χ3v) is 10.2. The molecule has 17 heavy (non-hydrogen) atoms. The fourth-order valence-corrected chi connectivity index (χ4v) is 9.69. The Bertz CT molecular complexity index is 200. The number of nitrogens with one attached hydrogen (secondary N) is 2. The van der Waals surface area contributed by atoms with Gasteiger partial charge in [0.05, 0.1) is 0 Å². The summed E-state index contributed by atoms with van der Waals surface area (Å²) in [6.45, 7) is 11.5. The van der Waals surface area contributed by atoms with Crippen LogP contribution in [-0.2, 0) is 0 Å². The van der Waals surface area contributed by atoms with E-state index in [1.54, 1.807) is 0 Å². The van der Waals surface area contributed by atoms with E-state index in [2.05, 4.69) is 37.7 Å². The van der Waals surface area contributed by atoms with Crippen molar-refractivity contribution in [2.24, 2.45) is 0 Å². The zero-order chi connectivity index (χ0) is 12.7. The Balaban J connectivity index is 2.90. The van der Waals surface area contributed by atoms with Crippen molar-refractivity contribution in [1.29, 1.82) is 0 Å². The second-order valence-electron chi connectivity index (χ2n) is 5.45. The van der Waals surface area contributed by atoms with Crippen LogP contribution in [0.5, 0.6) is 0 Å². The Morgan fingerprint density at radius 2 is 1.53 bits per heavy atom. The Morgan fingerprint density at radius 1 is 0.941 bits per heavy atom. The summed E-state index contributed by atoms with van der Waals surface area (Å²) < 4.78 is 0. The van der Waals surface area contributed by atoms with Crippen LogP contribution in [0.25, 0.3) is 0 Å². The lowest BCUT2D eigenvalue weighted by Gasteiger charge is -2.48. The SMILES string of the molecule is CCCC1CCCC(CC)[Si]1(NCC)NCC. The van der Waals surface area contributed by atoms with Crippen molar-refractivity contribution >= 4 is 8.40 Å². The molecule has 1 rings (SSSR count). The van der Waals surface area contributed by atoms with Gasteiger partial charge in [0.2, 0.25) is 8.40 Å². The largest absolute Gasteiger partial charge is 0.325 e. The van der Waals surface area contributed by atoms with E-state index in [0.717, 1.165) is 24.2 Å². The van der Waals surface area contributed by atoms with E-state index in [9.17, 15) is 0 Å². The fourth-order valence-electron chi connectivity index (χ4n) is 3.87. The molecule has 0 aromatic heterocycles. The molecule has 1 heterocycles. The van der Waals surface area contributed by atoms with Crippen LogP contribution in [0.1, 0.15) is 66.2 Å². The summed E-state index contributed by atoms with van der Waals surface area (Å²) >= 11 is 0. The van der Waals surface area contributed by atoms with Gasteiger partial charge in [-0.2, -0.15) is 0 Å². The van der Waals surface area contributed by atoms with E-state index in [4.69, 9.17) is 0 Å². The van der Waals surface area contributed by atoms with Crippen molar-refractivity contribution in [3.63, 3.8) is 0 Å². The molecule has 1 saturated heterocycles. The molecule has 0 spiro atoms. The van der Waals surface area contributed by atoms with E-state index in [-0.39, 0.29) is 0 Å². The van der Waals surface area contributed by atoms with E-state index in [1.165, 1.54) is 38.5 Å². The quantitative estimate of drug-likeness (QED) is 0.677. The van der Waals surface area contributed by atoms with E-state index in [1.807, 2.05) is 0 Å². The molecular weight excluding hydrogens is 224 g/mol. The first-order chi connectivity index (χ1) is 8.25. The molecule has 2 unspecified atom stereocenters. The molecule has 0 aliphatic carbocycles. The van der Waals surface area contributed by atoms with Gasteiger partial charge in [-0.1, -0.05) is 66.2 Å². The molecule has 3 heteroatoms. The van der Waals surface area contributed by atoms with Crippen LogP contribution >= 0.6 is 0 Å². The highest BCUT2D eigenvalue weighted by molar-refractivity contribution is 6.78. The first-order valence-electron chi connectivity index (χ1n) is 7.75. The van der Waals surface area contributed by atoms with Crippen molar-refractivity contribution in [3.8, 4) is 0 Å². The lowest BCUT2D eigenvalue weighted by atomic mass is 10.1. The minimum atomic E-state index is -1.46. The lowest BCUT2D eigenvalue weighted by molar-refractivity contribution is 0.476. The maximum Gasteiger partial charge on any atom is 0.207 e. The molecule has 1 aliphatic rings. The number of hydrogen-bond donors (Lipinski definition) is 2. The maximum absolute atomic E-state index is 3.96. The van der Waals surface area contributed by atoms with Gasteiger partial charge in [0.25, 0.3) is 0 Å². The van der Waals surface area contributed by atoms with Crippen LogP contribution in [0.2, 0.25) is 11.1 Å². The minimum Gasteiger partial charge on any atom is -0.325 e. The number of hydrogen-bond acceptors (Lipinski definition) is 2. The van der Waals surface area contributed by atoms with Crippen LogP contribution in [0.3, 0.4) is 0 Å². The van der Waals surface area contributed by atoms with E-state index in [0.29, 0.717) is 0 Å². The predicted molar refractivity (Wildman–Crippen MR) is 79.7 cm³/mol. The molecule has 2 N–H and O–H groups in total. The Hall–Kier alpha value is 0.137. The summed E-state index contributed by atoms with van der Waals surface area (Å²) in [4.78, 5) is 7.93. The molecule has 0 aromatic carbocycles. The normalized spacial score (nSPS) is 28.2. The molecule has 0 aromatic rings. The van der Waals surface area contributed by atoms with E-state index < -0.39 is 8.40 Å². The third-order valence-electron chi connectivity index (χ3n) is 4.46. The molecule has 0 radical (unpaired) electrons. The Kier molecular flexibility index (Phi) is 6.74. The summed E-state index contributed by atoms with van der Waals surface area (Å²) in [5.74, 6) is 0. The van der Waals surface area contributed by atoms with Crippen molar-refractivity contribution in [2.75, 3.05) is 13.1 Å². The molecule has 1 aliphatic heterocycles. The highest BCUT2D eigenvalue weighted by Gasteiger charge is 2.48. The molecule has 2 atom stereocenters. The van der Waals surface area contributed by atoms with Crippen molar-refractivity contribution in [3.05, 3.63) is 0 Å². The van der Waals surface area contributed by atoms with Crippen molar-refractivity contribution in [2.45, 2.75) is 77.3 Å². The van der Waals surface area contributed by atoms with Crippen LogP contribution in [0, 0.1) is 0 Å². The monoisotopic (exact) mass is 256 g/mol. The zero-order valence-corrected chi connectivity index (χ0v) is 13.3. The van der Waals surface area contributed by atoms with Gasteiger partial charge in [-0.05, 0) is 24.2 Å². The Labute approximate surface area is 109 Å². The van der Waals surface area contributed by atoms with Gasteiger partial charge in [-0.25, -0.2) is 0 Å². The first-order valence-corrected chi connectivity index (χ1v) is 9.90. The molecule has 102 valence electrons. The summed E-state index contributed by atoms with van der Waals surface area (Å²) in [6.07, 6.45) is 8.47. The highest BCUT2D eigenvalue weighted by atomic mass is 28.3. The first kappa shape index (κ1) is 15.2. The van der Waals surface area contributed by atoms with Crippen LogP contribution in [-0.4, -0.2) is 21.5 Å². The fraction of sp³-hybridized carbons (Fsp3) is 1.00. The van der Waals surface area contributed by atoms with Gasteiger partial charge in [0.1, 0.15) is 0 Å². The van der Waals surface area contributed by atoms with Gasteiger partial charge in [0, 0.05) is 0 Å². The van der Waals surface area contributed by atoms with Crippen molar-refractivity contribution < 1.29 is 0 Å². The van der Waals surface area contributed by atoms with Crippen LogP contribution in [0.4, 0.5) is 0 Å². The number of rotatable bonds is 7. The summed E-state index contributed by atoms with van der Waals surface area (Å²) in [5, 5.41) is 0. The van der Waals surface area contributed by atoms with Gasteiger partial charge >= 0.3 is 0 Å². The second kappa shape index (κ2) is 7.55. The standard InChI is InChI=1S/C14H32N2Si/c1-5-10-14-12-9-11-13(6-2)17(14,15-7-3)16-8-4/h13-16H,5-12H2,1-4H3. The third kappa shape index (κ3) is 3.33. The summed E-state index contributed by atoms with van der Waals surface area (Å²) in [7, 11) is -1.46. The van der Waals surface area contributed by atoms with E-state index >= 15 is 0 Å². The average Bonchev–Trinajstić information content (AvgIpc) is 2.33. The molecule has 0 amide bonds. The van der Waals surface area contributed by atoms with Crippen LogP contribution in [0.15, 0.2) is 0 Å². The average molecular weight is 257 g/mol. The Morgan fingerprint density at radius 3 is 2.00 bits per heavy atom. The van der Waals surface area contributed by atoms with Crippen LogP contribution < -0.4 is 9.96 Å². The molecule has 2 nitrogen and oxygen atoms in total. The van der Waals surface area contributed by atoms with Gasteiger partial charge in [0.15, 0.2) is 0 Å².